The number of benzene rings is 1. The predicted molar refractivity (Wildman–Crippen MR) is 67.5 cm³/mol. The molecule has 0 N–H and O–H groups in total. The van der Waals surface area contributed by atoms with E-state index in [0.29, 0.717) is 0 Å². The molecule has 0 radical (unpaired) electrons. The van der Waals surface area contributed by atoms with E-state index in [4.69, 9.17) is 4.74 Å². The Hall–Kier alpha value is -0.820. The zero-order chi connectivity index (χ0) is 11.4. The van der Waals surface area contributed by atoms with Crippen LogP contribution in [0.15, 0.2) is 18.2 Å². The number of aryl methyl sites for hydroxylation is 2. The maximum atomic E-state index is 5.82. The minimum atomic E-state index is 0.780. The van der Waals surface area contributed by atoms with Crippen molar-refractivity contribution in [3.63, 3.8) is 0 Å². The summed E-state index contributed by atoms with van der Waals surface area (Å²) in [5.74, 6) is 0.825. The van der Waals surface area contributed by atoms with Crippen LogP contribution in [0.25, 0.3) is 0 Å². The molecule has 1 saturated carbocycles. The molecule has 1 nitrogen and oxygen atoms in total. The summed E-state index contributed by atoms with van der Waals surface area (Å²) in [4.78, 5) is 0. The Morgan fingerprint density at radius 2 is 1.94 bits per heavy atom. The minimum absolute atomic E-state index is 0.780. The molecule has 0 amide bonds. The van der Waals surface area contributed by atoms with E-state index in [1.54, 1.807) is 0 Å². The van der Waals surface area contributed by atoms with Gasteiger partial charge in [0.15, 0.2) is 0 Å². The molecule has 0 aliphatic heterocycles. The number of hydrogen-bond donors (Lipinski definition) is 0. The molecule has 2 rings (SSSR count). The normalized spacial score (nSPS) is 16.9. The highest BCUT2D eigenvalue weighted by Crippen LogP contribution is 2.25. The largest absolute Gasteiger partial charge is 0.376 e. The van der Waals surface area contributed by atoms with Gasteiger partial charge in [-0.25, -0.2) is 0 Å². The van der Waals surface area contributed by atoms with E-state index in [0.717, 1.165) is 19.1 Å². The Morgan fingerprint density at radius 3 is 2.62 bits per heavy atom. The Kier molecular flexibility index (Phi) is 4.00. The molecule has 0 aromatic heterocycles. The molecule has 1 aliphatic rings. The van der Waals surface area contributed by atoms with Crippen molar-refractivity contribution >= 4 is 0 Å². The van der Waals surface area contributed by atoms with Gasteiger partial charge in [-0.1, -0.05) is 36.6 Å². The van der Waals surface area contributed by atoms with Crippen LogP contribution in [0.1, 0.15) is 42.4 Å². The van der Waals surface area contributed by atoms with Crippen LogP contribution in [0.3, 0.4) is 0 Å². The first-order chi connectivity index (χ1) is 7.75. The maximum absolute atomic E-state index is 5.82. The van der Waals surface area contributed by atoms with E-state index in [1.807, 2.05) is 0 Å². The van der Waals surface area contributed by atoms with Crippen LogP contribution < -0.4 is 0 Å². The first-order valence-electron chi connectivity index (χ1n) is 6.39. The third-order valence-electron chi connectivity index (χ3n) is 3.58. The van der Waals surface area contributed by atoms with Crippen molar-refractivity contribution in [2.24, 2.45) is 5.92 Å². The summed E-state index contributed by atoms with van der Waals surface area (Å²) in [5.41, 5.74) is 4.02. The second kappa shape index (κ2) is 5.49. The van der Waals surface area contributed by atoms with Gasteiger partial charge in [-0.05, 0) is 43.7 Å². The van der Waals surface area contributed by atoms with Gasteiger partial charge in [-0.2, -0.15) is 0 Å². The molecule has 0 bridgehead atoms. The van der Waals surface area contributed by atoms with Gasteiger partial charge in [0.05, 0.1) is 6.61 Å². The zero-order valence-corrected chi connectivity index (χ0v) is 10.5. The van der Waals surface area contributed by atoms with Gasteiger partial charge >= 0.3 is 0 Å². The standard InChI is InChI=1S/C15H22O/c1-12-7-8-15(13(2)9-12)11-16-10-14-5-3-4-6-14/h7-9,14H,3-6,10-11H2,1-2H3. The van der Waals surface area contributed by atoms with Crippen LogP contribution in [0, 0.1) is 19.8 Å². The Labute approximate surface area is 98.8 Å². The fourth-order valence-corrected chi connectivity index (χ4v) is 2.52. The molecule has 0 spiro atoms. The fraction of sp³-hybridized carbons (Fsp3) is 0.600. The highest BCUT2D eigenvalue weighted by molar-refractivity contribution is 5.29. The summed E-state index contributed by atoms with van der Waals surface area (Å²) in [7, 11) is 0. The summed E-state index contributed by atoms with van der Waals surface area (Å²) in [6.45, 7) is 6.04. The highest BCUT2D eigenvalue weighted by Gasteiger charge is 2.14. The lowest BCUT2D eigenvalue weighted by molar-refractivity contribution is 0.0885. The third kappa shape index (κ3) is 3.08. The van der Waals surface area contributed by atoms with Crippen LogP contribution >= 0.6 is 0 Å². The average Bonchev–Trinajstić information content (AvgIpc) is 2.74. The molecule has 0 unspecified atom stereocenters. The van der Waals surface area contributed by atoms with Crippen molar-refractivity contribution in [3.8, 4) is 0 Å². The van der Waals surface area contributed by atoms with E-state index in [2.05, 4.69) is 32.0 Å². The van der Waals surface area contributed by atoms with Crippen molar-refractivity contribution in [2.45, 2.75) is 46.1 Å². The van der Waals surface area contributed by atoms with Crippen LogP contribution in [-0.2, 0) is 11.3 Å². The molecule has 0 heterocycles. The molecule has 0 atom stereocenters. The Balaban J connectivity index is 1.80. The number of rotatable bonds is 4. The molecule has 0 saturated heterocycles. The van der Waals surface area contributed by atoms with E-state index in [9.17, 15) is 0 Å². The van der Waals surface area contributed by atoms with Crippen molar-refractivity contribution in [3.05, 3.63) is 34.9 Å². The Morgan fingerprint density at radius 1 is 1.19 bits per heavy atom. The predicted octanol–water partition coefficient (Wildman–Crippen LogP) is 4.01. The minimum Gasteiger partial charge on any atom is -0.376 e. The molecule has 1 aromatic rings. The van der Waals surface area contributed by atoms with Gasteiger partial charge in [-0.3, -0.25) is 0 Å². The fourth-order valence-electron chi connectivity index (χ4n) is 2.52. The van der Waals surface area contributed by atoms with Crippen molar-refractivity contribution in [1.82, 2.24) is 0 Å². The molecule has 16 heavy (non-hydrogen) atoms. The average molecular weight is 218 g/mol. The summed E-state index contributed by atoms with van der Waals surface area (Å²) < 4.78 is 5.82. The highest BCUT2D eigenvalue weighted by atomic mass is 16.5. The second-order valence-corrected chi connectivity index (χ2v) is 5.10. The maximum Gasteiger partial charge on any atom is 0.0719 e. The third-order valence-corrected chi connectivity index (χ3v) is 3.58. The molecule has 1 heteroatoms. The second-order valence-electron chi connectivity index (χ2n) is 5.10. The molecule has 1 aliphatic carbocycles. The first kappa shape index (κ1) is 11.7. The summed E-state index contributed by atoms with van der Waals surface area (Å²) >= 11 is 0. The monoisotopic (exact) mass is 218 g/mol. The van der Waals surface area contributed by atoms with E-state index in [1.165, 1.54) is 42.4 Å². The lowest BCUT2D eigenvalue weighted by Gasteiger charge is -2.11. The first-order valence-corrected chi connectivity index (χ1v) is 6.39. The van der Waals surface area contributed by atoms with E-state index < -0.39 is 0 Å². The van der Waals surface area contributed by atoms with Crippen molar-refractivity contribution < 1.29 is 4.74 Å². The molecule has 1 fully saturated rings. The SMILES string of the molecule is Cc1ccc(COCC2CCCC2)c(C)c1. The lowest BCUT2D eigenvalue weighted by Crippen LogP contribution is -2.06. The van der Waals surface area contributed by atoms with Crippen LogP contribution in [0.2, 0.25) is 0 Å². The Bertz CT molecular complexity index is 337. The van der Waals surface area contributed by atoms with Gasteiger partial charge in [0.1, 0.15) is 0 Å². The van der Waals surface area contributed by atoms with E-state index >= 15 is 0 Å². The number of ether oxygens (including phenoxy) is 1. The van der Waals surface area contributed by atoms with Crippen LogP contribution in [0.5, 0.6) is 0 Å². The molecular weight excluding hydrogens is 196 g/mol. The van der Waals surface area contributed by atoms with Gasteiger partial charge in [0, 0.05) is 6.61 Å². The summed E-state index contributed by atoms with van der Waals surface area (Å²) in [5, 5.41) is 0. The van der Waals surface area contributed by atoms with Gasteiger partial charge in [0.2, 0.25) is 0 Å². The smallest absolute Gasteiger partial charge is 0.0719 e. The van der Waals surface area contributed by atoms with Crippen molar-refractivity contribution in [2.75, 3.05) is 6.61 Å². The molecule has 1 aromatic carbocycles. The van der Waals surface area contributed by atoms with Gasteiger partial charge in [0.25, 0.3) is 0 Å². The van der Waals surface area contributed by atoms with Gasteiger partial charge < -0.3 is 4.74 Å². The zero-order valence-electron chi connectivity index (χ0n) is 10.5. The summed E-state index contributed by atoms with van der Waals surface area (Å²) in [6, 6.07) is 6.59. The molecule has 88 valence electrons. The van der Waals surface area contributed by atoms with Crippen LogP contribution in [0.4, 0.5) is 0 Å². The van der Waals surface area contributed by atoms with E-state index in [-0.39, 0.29) is 0 Å². The topological polar surface area (TPSA) is 9.23 Å². The molecular formula is C15H22O. The van der Waals surface area contributed by atoms with Crippen molar-refractivity contribution in [1.29, 1.82) is 0 Å². The van der Waals surface area contributed by atoms with Crippen LogP contribution in [-0.4, -0.2) is 6.61 Å². The quantitative estimate of drug-likeness (QED) is 0.742. The number of hydrogen-bond acceptors (Lipinski definition) is 1. The lowest BCUT2D eigenvalue weighted by atomic mass is 10.1. The van der Waals surface area contributed by atoms with Gasteiger partial charge in [-0.15, -0.1) is 0 Å². The summed E-state index contributed by atoms with van der Waals surface area (Å²) in [6.07, 6.45) is 5.54.